The molecule has 0 radical (unpaired) electrons. The summed E-state index contributed by atoms with van der Waals surface area (Å²) < 4.78 is 5.36. The van der Waals surface area contributed by atoms with Gasteiger partial charge >= 0.3 is 0 Å². The molecule has 0 aromatic heterocycles. The summed E-state index contributed by atoms with van der Waals surface area (Å²) in [6, 6.07) is 8.04. The topological polar surface area (TPSA) is 29.5 Å². The van der Waals surface area contributed by atoms with Gasteiger partial charge in [0.1, 0.15) is 5.75 Å². The number of methoxy groups -OCH3 is 1. The van der Waals surface area contributed by atoms with Crippen molar-refractivity contribution in [3.05, 3.63) is 41.6 Å². The number of nitrogens with zero attached hydrogens (tertiary/aromatic N) is 1. The van der Waals surface area contributed by atoms with Gasteiger partial charge in [-0.15, -0.1) is 0 Å². The molecule has 1 aromatic carbocycles. The van der Waals surface area contributed by atoms with E-state index in [4.69, 9.17) is 4.74 Å². The number of Topliss-reactive ketones (excluding diaryl/α,β-unsaturated/α-hetero) is 1. The van der Waals surface area contributed by atoms with Crippen LogP contribution in [0, 0.1) is 0 Å². The molecule has 1 aromatic rings. The van der Waals surface area contributed by atoms with Crippen molar-refractivity contribution in [2.75, 3.05) is 21.2 Å². The number of ether oxygens (including phenoxy) is 1. The zero-order valence-electron chi connectivity index (χ0n) is 14.2. The van der Waals surface area contributed by atoms with Gasteiger partial charge in [-0.3, -0.25) is 4.79 Å². The van der Waals surface area contributed by atoms with Gasteiger partial charge in [-0.25, -0.2) is 0 Å². The average molecular weight is 301 g/mol. The van der Waals surface area contributed by atoms with Gasteiger partial charge in [-0.1, -0.05) is 25.5 Å². The van der Waals surface area contributed by atoms with E-state index in [0.717, 1.165) is 49.0 Å². The minimum absolute atomic E-state index is 0.294. The van der Waals surface area contributed by atoms with Gasteiger partial charge in [-0.05, 0) is 43.4 Å². The first kappa shape index (κ1) is 16.6. The third-order valence-corrected chi connectivity index (χ3v) is 4.49. The normalized spacial score (nSPS) is 23.6. The molecule has 1 fully saturated rings. The first-order valence-corrected chi connectivity index (χ1v) is 8.10. The number of rotatable bonds is 5. The molecule has 1 atom stereocenters. The maximum atomic E-state index is 13.2. The van der Waals surface area contributed by atoms with Crippen LogP contribution in [0.4, 0.5) is 0 Å². The fraction of sp³-hybridized carbons (Fsp3) is 0.526. The first-order chi connectivity index (χ1) is 10.5. The SMILES string of the molecule is CCCC1(c2cccc(OC)c2)CCCC(=CN(C)C)C1=O. The molecular weight excluding hydrogens is 274 g/mol. The number of carbonyl (C=O) groups excluding carboxylic acids is 1. The second-order valence-corrected chi connectivity index (χ2v) is 6.36. The number of hydrogen-bond donors (Lipinski definition) is 0. The predicted octanol–water partition coefficient (Wildman–Crippen LogP) is 3.93. The van der Waals surface area contributed by atoms with E-state index in [1.54, 1.807) is 7.11 Å². The molecule has 1 aliphatic carbocycles. The lowest BCUT2D eigenvalue weighted by molar-refractivity contribution is -0.122. The second kappa shape index (κ2) is 6.99. The molecule has 1 saturated carbocycles. The van der Waals surface area contributed by atoms with Crippen LogP contribution in [-0.4, -0.2) is 31.9 Å². The lowest BCUT2D eigenvalue weighted by Crippen LogP contribution is -2.40. The highest BCUT2D eigenvalue weighted by Gasteiger charge is 2.43. The molecule has 0 amide bonds. The van der Waals surface area contributed by atoms with E-state index in [-0.39, 0.29) is 5.41 Å². The molecule has 22 heavy (non-hydrogen) atoms. The van der Waals surface area contributed by atoms with Crippen molar-refractivity contribution >= 4 is 5.78 Å². The fourth-order valence-corrected chi connectivity index (χ4v) is 3.56. The summed E-state index contributed by atoms with van der Waals surface area (Å²) >= 11 is 0. The molecule has 120 valence electrons. The molecule has 2 rings (SSSR count). The Morgan fingerprint density at radius 3 is 2.77 bits per heavy atom. The third kappa shape index (κ3) is 3.18. The van der Waals surface area contributed by atoms with Crippen molar-refractivity contribution in [2.45, 2.75) is 44.4 Å². The van der Waals surface area contributed by atoms with E-state index in [1.165, 1.54) is 0 Å². The van der Waals surface area contributed by atoms with Gasteiger partial charge in [-0.2, -0.15) is 0 Å². The maximum absolute atomic E-state index is 13.2. The molecule has 1 unspecified atom stereocenters. The summed E-state index contributed by atoms with van der Waals surface area (Å²) in [6.45, 7) is 2.15. The van der Waals surface area contributed by atoms with E-state index < -0.39 is 0 Å². The molecule has 0 heterocycles. The number of benzene rings is 1. The van der Waals surface area contributed by atoms with Gasteiger partial charge < -0.3 is 9.64 Å². The van der Waals surface area contributed by atoms with Crippen molar-refractivity contribution in [3.63, 3.8) is 0 Å². The van der Waals surface area contributed by atoms with Crippen LogP contribution in [0.15, 0.2) is 36.0 Å². The number of hydrogen-bond acceptors (Lipinski definition) is 3. The molecule has 0 N–H and O–H groups in total. The zero-order valence-corrected chi connectivity index (χ0v) is 14.2. The lowest BCUT2D eigenvalue weighted by Gasteiger charge is -2.37. The van der Waals surface area contributed by atoms with Crippen molar-refractivity contribution in [3.8, 4) is 5.75 Å². The molecule has 0 bridgehead atoms. The highest BCUT2D eigenvalue weighted by molar-refractivity contribution is 6.04. The van der Waals surface area contributed by atoms with Gasteiger partial charge in [0.05, 0.1) is 12.5 Å². The lowest BCUT2D eigenvalue weighted by atomic mass is 9.64. The third-order valence-electron chi connectivity index (χ3n) is 4.49. The fourth-order valence-electron chi connectivity index (χ4n) is 3.56. The van der Waals surface area contributed by atoms with Crippen LogP contribution >= 0.6 is 0 Å². The molecule has 1 aliphatic rings. The Labute approximate surface area is 134 Å². The van der Waals surface area contributed by atoms with Crippen LogP contribution in [0.3, 0.4) is 0 Å². The summed E-state index contributed by atoms with van der Waals surface area (Å²) in [5.74, 6) is 1.12. The first-order valence-electron chi connectivity index (χ1n) is 8.10. The molecular formula is C19H27NO2. The van der Waals surface area contributed by atoms with E-state index in [9.17, 15) is 4.79 Å². The Bertz CT molecular complexity index is 558. The monoisotopic (exact) mass is 301 g/mol. The molecule has 0 spiro atoms. The summed E-state index contributed by atoms with van der Waals surface area (Å²) in [5, 5.41) is 0. The van der Waals surface area contributed by atoms with Crippen molar-refractivity contribution in [1.29, 1.82) is 0 Å². The van der Waals surface area contributed by atoms with E-state index in [2.05, 4.69) is 13.0 Å². The number of ketones is 1. The number of allylic oxidation sites excluding steroid dienone is 1. The zero-order chi connectivity index (χ0) is 16.2. The van der Waals surface area contributed by atoms with E-state index in [1.807, 2.05) is 43.4 Å². The largest absolute Gasteiger partial charge is 0.497 e. The molecule has 3 heteroatoms. The van der Waals surface area contributed by atoms with Crippen LogP contribution in [0.1, 0.15) is 44.6 Å². The Hall–Kier alpha value is -1.77. The van der Waals surface area contributed by atoms with Crippen LogP contribution < -0.4 is 4.74 Å². The predicted molar refractivity (Wildman–Crippen MR) is 90.2 cm³/mol. The Morgan fingerprint density at radius 2 is 2.14 bits per heavy atom. The van der Waals surface area contributed by atoms with Crippen LogP contribution in [0.5, 0.6) is 5.75 Å². The molecule has 0 aliphatic heterocycles. The maximum Gasteiger partial charge on any atom is 0.170 e. The van der Waals surface area contributed by atoms with E-state index >= 15 is 0 Å². The van der Waals surface area contributed by atoms with Crippen molar-refractivity contribution < 1.29 is 9.53 Å². The second-order valence-electron chi connectivity index (χ2n) is 6.36. The van der Waals surface area contributed by atoms with Gasteiger partial charge in [0.25, 0.3) is 0 Å². The highest BCUT2D eigenvalue weighted by Crippen LogP contribution is 2.43. The number of carbonyl (C=O) groups is 1. The summed E-state index contributed by atoms with van der Waals surface area (Å²) in [6.07, 6.45) is 6.75. The smallest absolute Gasteiger partial charge is 0.170 e. The Kier molecular flexibility index (Phi) is 5.28. The quantitative estimate of drug-likeness (QED) is 0.772. The van der Waals surface area contributed by atoms with E-state index in [0.29, 0.717) is 5.78 Å². The van der Waals surface area contributed by atoms with Gasteiger partial charge in [0.15, 0.2) is 5.78 Å². The highest BCUT2D eigenvalue weighted by atomic mass is 16.5. The van der Waals surface area contributed by atoms with Crippen molar-refractivity contribution in [1.82, 2.24) is 4.90 Å². The standard InChI is InChI=1S/C19H27NO2/c1-5-11-19(16-9-6-10-17(13-16)22-4)12-7-8-15(18(19)21)14-20(2)3/h6,9-10,13-14H,5,7-8,11-12H2,1-4H3. The minimum atomic E-state index is -0.386. The average Bonchev–Trinajstić information content (AvgIpc) is 2.51. The summed E-state index contributed by atoms with van der Waals surface area (Å²) in [5.41, 5.74) is 1.67. The van der Waals surface area contributed by atoms with Crippen LogP contribution in [-0.2, 0) is 10.2 Å². The summed E-state index contributed by atoms with van der Waals surface area (Å²) in [4.78, 5) is 15.2. The Morgan fingerprint density at radius 1 is 1.36 bits per heavy atom. The molecule has 3 nitrogen and oxygen atoms in total. The van der Waals surface area contributed by atoms with Gasteiger partial charge in [0, 0.05) is 25.9 Å². The van der Waals surface area contributed by atoms with Crippen LogP contribution in [0.2, 0.25) is 0 Å². The molecule has 0 saturated heterocycles. The Balaban J connectivity index is 2.48. The summed E-state index contributed by atoms with van der Waals surface area (Å²) in [7, 11) is 5.62. The van der Waals surface area contributed by atoms with Crippen LogP contribution in [0.25, 0.3) is 0 Å². The van der Waals surface area contributed by atoms with Crippen molar-refractivity contribution in [2.24, 2.45) is 0 Å². The minimum Gasteiger partial charge on any atom is -0.497 e. The van der Waals surface area contributed by atoms with Gasteiger partial charge in [0.2, 0.25) is 0 Å².